The second kappa shape index (κ2) is 6.73. The highest BCUT2D eigenvalue weighted by Gasteiger charge is 2.12. The van der Waals surface area contributed by atoms with Gasteiger partial charge in [0.05, 0.1) is 7.11 Å². The molecule has 2 aromatic carbocycles. The van der Waals surface area contributed by atoms with Crippen molar-refractivity contribution >= 4 is 15.9 Å². The molecule has 0 fully saturated rings. The summed E-state index contributed by atoms with van der Waals surface area (Å²) in [6, 6.07) is 16.3. The van der Waals surface area contributed by atoms with Crippen molar-refractivity contribution in [3.63, 3.8) is 0 Å². The summed E-state index contributed by atoms with van der Waals surface area (Å²) in [5.74, 6) is 0.851. The van der Waals surface area contributed by atoms with E-state index in [0.717, 1.165) is 28.6 Å². The van der Waals surface area contributed by atoms with E-state index in [1.165, 1.54) is 5.56 Å². The van der Waals surface area contributed by atoms with E-state index in [9.17, 15) is 0 Å². The third-order valence-electron chi connectivity index (χ3n) is 3.18. The van der Waals surface area contributed by atoms with Gasteiger partial charge in [-0.2, -0.15) is 0 Å². The number of nitrogens with two attached hydrogens (primary N) is 1. The van der Waals surface area contributed by atoms with Gasteiger partial charge in [0.15, 0.2) is 0 Å². The smallest absolute Gasteiger partial charge is 0.123 e. The van der Waals surface area contributed by atoms with Crippen molar-refractivity contribution in [1.29, 1.82) is 0 Å². The van der Waals surface area contributed by atoms with Crippen molar-refractivity contribution in [1.82, 2.24) is 0 Å². The quantitative estimate of drug-likeness (QED) is 0.900. The molecule has 2 nitrogen and oxygen atoms in total. The number of hydrogen-bond donors (Lipinski definition) is 1. The van der Waals surface area contributed by atoms with E-state index in [4.69, 9.17) is 10.5 Å². The lowest BCUT2D eigenvalue weighted by Crippen LogP contribution is -2.12. The minimum Gasteiger partial charge on any atom is -0.496 e. The second-order valence-corrected chi connectivity index (χ2v) is 5.43. The Kier molecular flexibility index (Phi) is 5.00. The maximum atomic E-state index is 6.29. The van der Waals surface area contributed by atoms with Gasteiger partial charge in [-0.3, -0.25) is 0 Å². The summed E-state index contributed by atoms with van der Waals surface area (Å²) in [6.45, 7) is 0. The maximum Gasteiger partial charge on any atom is 0.123 e. The summed E-state index contributed by atoms with van der Waals surface area (Å²) in [5.41, 5.74) is 8.65. The van der Waals surface area contributed by atoms with Crippen LogP contribution in [0.2, 0.25) is 0 Å². The molecular formula is C16H18BrNO. The van der Waals surface area contributed by atoms with Crippen molar-refractivity contribution in [2.24, 2.45) is 5.73 Å². The fourth-order valence-corrected chi connectivity index (χ4v) is 2.50. The van der Waals surface area contributed by atoms with Gasteiger partial charge in [0.25, 0.3) is 0 Å². The van der Waals surface area contributed by atoms with Gasteiger partial charge in [0.1, 0.15) is 5.75 Å². The molecule has 100 valence electrons. The molecule has 2 aromatic rings. The zero-order valence-electron chi connectivity index (χ0n) is 11.0. The molecule has 0 bridgehead atoms. The highest BCUT2D eigenvalue weighted by atomic mass is 79.9. The normalized spacial score (nSPS) is 12.2. The zero-order valence-corrected chi connectivity index (χ0v) is 12.6. The minimum atomic E-state index is -0.0207. The topological polar surface area (TPSA) is 35.2 Å². The zero-order chi connectivity index (χ0) is 13.7. The van der Waals surface area contributed by atoms with Crippen LogP contribution in [0.5, 0.6) is 5.75 Å². The van der Waals surface area contributed by atoms with Crippen LogP contribution in [0.15, 0.2) is 53.0 Å². The molecule has 19 heavy (non-hydrogen) atoms. The Hall–Kier alpha value is -1.32. The molecule has 1 atom stereocenters. The molecule has 0 aliphatic heterocycles. The van der Waals surface area contributed by atoms with Gasteiger partial charge >= 0.3 is 0 Å². The SMILES string of the molecule is COc1ccc(Br)cc1C(N)CCc1ccccc1. The highest BCUT2D eigenvalue weighted by Crippen LogP contribution is 2.29. The molecule has 0 radical (unpaired) electrons. The van der Waals surface area contributed by atoms with E-state index >= 15 is 0 Å². The van der Waals surface area contributed by atoms with Gasteiger partial charge in [-0.25, -0.2) is 0 Å². The van der Waals surface area contributed by atoms with Crippen LogP contribution in [0.25, 0.3) is 0 Å². The molecule has 0 heterocycles. The molecule has 0 spiro atoms. The molecule has 0 saturated heterocycles. The molecule has 1 unspecified atom stereocenters. The molecule has 3 heteroatoms. The fraction of sp³-hybridized carbons (Fsp3) is 0.250. The molecule has 2 rings (SSSR count). The monoisotopic (exact) mass is 319 g/mol. The number of ether oxygens (including phenoxy) is 1. The summed E-state index contributed by atoms with van der Waals surface area (Å²) in [5, 5.41) is 0. The van der Waals surface area contributed by atoms with Crippen LogP contribution < -0.4 is 10.5 Å². The number of methoxy groups -OCH3 is 1. The molecular weight excluding hydrogens is 302 g/mol. The summed E-state index contributed by atoms with van der Waals surface area (Å²) < 4.78 is 6.40. The third-order valence-corrected chi connectivity index (χ3v) is 3.67. The summed E-state index contributed by atoms with van der Waals surface area (Å²) >= 11 is 3.48. The van der Waals surface area contributed by atoms with Crippen LogP contribution in [0.4, 0.5) is 0 Å². The van der Waals surface area contributed by atoms with Crippen molar-refractivity contribution < 1.29 is 4.74 Å². The average molecular weight is 320 g/mol. The summed E-state index contributed by atoms with van der Waals surface area (Å²) in [6.07, 6.45) is 1.87. The van der Waals surface area contributed by atoms with Crippen LogP contribution >= 0.6 is 15.9 Å². The number of aryl methyl sites for hydroxylation is 1. The second-order valence-electron chi connectivity index (χ2n) is 4.52. The first-order valence-corrected chi connectivity index (χ1v) is 7.13. The van der Waals surface area contributed by atoms with Crippen molar-refractivity contribution in [3.8, 4) is 5.75 Å². The Bertz CT molecular complexity index is 528. The van der Waals surface area contributed by atoms with Gasteiger partial charge in [-0.1, -0.05) is 46.3 Å². The lowest BCUT2D eigenvalue weighted by atomic mass is 9.99. The average Bonchev–Trinajstić information content (AvgIpc) is 2.46. The number of rotatable bonds is 5. The van der Waals surface area contributed by atoms with Gasteiger partial charge < -0.3 is 10.5 Å². The first-order chi connectivity index (χ1) is 9.20. The van der Waals surface area contributed by atoms with Crippen molar-refractivity contribution in [2.75, 3.05) is 7.11 Å². The minimum absolute atomic E-state index is 0.0207. The van der Waals surface area contributed by atoms with Gasteiger partial charge in [-0.15, -0.1) is 0 Å². The molecule has 0 aliphatic carbocycles. The van der Waals surface area contributed by atoms with Gasteiger partial charge in [0.2, 0.25) is 0 Å². The molecule has 0 saturated carbocycles. The number of halogens is 1. The molecule has 0 aromatic heterocycles. The molecule has 2 N–H and O–H groups in total. The van der Waals surface area contributed by atoms with Crippen molar-refractivity contribution in [2.45, 2.75) is 18.9 Å². The van der Waals surface area contributed by atoms with Gasteiger partial charge in [0, 0.05) is 16.1 Å². The summed E-state index contributed by atoms with van der Waals surface area (Å²) in [7, 11) is 1.68. The number of benzene rings is 2. The Balaban J connectivity index is 2.07. The van der Waals surface area contributed by atoms with Crippen LogP contribution in [-0.2, 0) is 6.42 Å². The highest BCUT2D eigenvalue weighted by molar-refractivity contribution is 9.10. The van der Waals surface area contributed by atoms with Crippen LogP contribution in [0, 0.1) is 0 Å². The Labute approximate surface area is 122 Å². The van der Waals surface area contributed by atoms with Crippen LogP contribution in [-0.4, -0.2) is 7.11 Å². The first kappa shape index (κ1) is 14.1. The maximum absolute atomic E-state index is 6.29. The fourth-order valence-electron chi connectivity index (χ4n) is 2.12. The van der Waals surface area contributed by atoms with Crippen LogP contribution in [0.3, 0.4) is 0 Å². The van der Waals surface area contributed by atoms with E-state index in [-0.39, 0.29) is 6.04 Å². The predicted octanol–water partition coefficient (Wildman–Crippen LogP) is 4.09. The number of hydrogen-bond acceptors (Lipinski definition) is 2. The van der Waals surface area contributed by atoms with E-state index in [1.807, 2.05) is 24.3 Å². The third kappa shape index (κ3) is 3.82. The largest absolute Gasteiger partial charge is 0.496 e. The molecule has 0 aliphatic rings. The van der Waals surface area contributed by atoms with E-state index in [1.54, 1.807) is 7.11 Å². The summed E-state index contributed by atoms with van der Waals surface area (Å²) in [4.78, 5) is 0. The lowest BCUT2D eigenvalue weighted by Gasteiger charge is -2.16. The lowest BCUT2D eigenvalue weighted by molar-refractivity contribution is 0.404. The predicted molar refractivity (Wildman–Crippen MR) is 82.4 cm³/mol. The Morgan fingerprint density at radius 3 is 2.58 bits per heavy atom. The van der Waals surface area contributed by atoms with Gasteiger partial charge in [-0.05, 0) is 36.6 Å². The Morgan fingerprint density at radius 1 is 1.16 bits per heavy atom. The molecule has 0 amide bonds. The van der Waals surface area contributed by atoms with E-state index in [2.05, 4.69) is 40.2 Å². The van der Waals surface area contributed by atoms with E-state index in [0.29, 0.717) is 0 Å². The van der Waals surface area contributed by atoms with Crippen LogP contribution in [0.1, 0.15) is 23.6 Å². The van der Waals surface area contributed by atoms with E-state index < -0.39 is 0 Å². The van der Waals surface area contributed by atoms with Crippen molar-refractivity contribution in [3.05, 3.63) is 64.1 Å². The first-order valence-electron chi connectivity index (χ1n) is 6.33. The standard InChI is InChI=1S/C16H18BrNO/c1-19-16-10-8-13(17)11-14(16)15(18)9-7-12-5-3-2-4-6-12/h2-6,8,10-11,15H,7,9,18H2,1H3. The Morgan fingerprint density at radius 2 is 1.89 bits per heavy atom.